The molecule has 0 atom stereocenters. The monoisotopic (exact) mass is 270 g/mol. The molecule has 0 spiro atoms. The van der Waals surface area contributed by atoms with Crippen LogP contribution in [0.2, 0.25) is 0 Å². The minimum atomic E-state index is -0.950. The Morgan fingerprint density at radius 2 is 1.68 bits per heavy atom. The topological polar surface area (TPSA) is 96.8 Å². The summed E-state index contributed by atoms with van der Waals surface area (Å²) in [7, 11) is 0. The first-order valence-corrected chi connectivity index (χ1v) is 5.59. The van der Waals surface area contributed by atoms with Gasteiger partial charge in [0.2, 0.25) is 5.75 Å². The standard InChI is InChI=1S/C11H14N2O6/c1-4-16-10(14)18-8-6-12-7(3)13-9(8)19-11(15)17-5-2/h6H,4-5H2,1-3H3. The number of hydrogen-bond donors (Lipinski definition) is 0. The minimum absolute atomic E-state index is 0.128. The number of nitrogens with zero attached hydrogens (tertiary/aromatic N) is 2. The first-order valence-electron chi connectivity index (χ1n) is 5.59. The van der Waals surface area contributed by atoms with Gasteiger partial charge in [-0.3, -0.25) is 0 Å². The Kier molecular flexibility index (Phi) is 5.52. The number of carbonyl (C=O) groups excluding carboxylic acids is 2. The van der Waals surface area contributed by atoms with Gasteiger partial charge in [-0.1, -0.05) is 0 Å². The maximum Gasteiger partial charge on any atom is 0.515 e. The van der Waals surface area contributed by atoms with Gasteiger partial charge in [0, 0.05) is 0 Å². The van der Waals surface area contributed by atoms with Crippen molar-refractivity contribution in [2.24, 2.45) is 0 Å². The molecule has 104 valence electrons. The van der Waals surface area contributed by atoms with Crippen molar-refractivity contribution < 1.29 is 28.5 Å². The van der Waals surface area contributed by atoms with Crippen LogP contribution in [0.25, 0.3) is 0 Å². The molecule has 0 saturated heterocycles. The SMILES string of the molecule is CCOC(=O)Oc1cnc(C)nc1OC(=O)OCC. The third-order valence-electron chi connectivity index (χ3n) is 1.74. The molecule has 0 unspecified atom stereocenters. The summed E-state index contributed by atoms with van der Waals surface area (Å²) in [5.41, 5.74) is 0. The van der Waals surface area contributed by atoms with E-state index in [1.165, 1.54) is 6.20 Å². The maximum atomic E-state index is 11.2. The van der Waals surface area contributed by atoms with Crippen molar-refractivity contribution in [3.8, 4) is 11.6 Å². The van der Waals surface area contributed by atoms with Gasteiger partial charge in [0.1, 0.15) is 5.82 Å². The average molecular weight is 270 g/mol. The van der Waals surface area contributed by atoms with E-state index in [1.54, 1.807) is 20.8 Å². The van der Waals surface area contributed by atoms with E-state index in [-0.39, 0.29) is 24.8 Å². The van der Waals surface area contributed by atoms with Crippen LogP contribution in [0.5, 0.6) is 11.6 Å². The largest absolute Gasteiger partial charge is 0.515 e. The van der Waals surface area contributed by atoms with Gasteiger partial charge < -0.3 is 18.9 Å². The van der Waals surface area contributed by atoms with Gasteiger partial charge >= 0.3 is 12.3 Å². The zero-order valence-corrected chi connectivity index (χ0v) is 10.8. The van der Waals surface area contributed by atoms with Crippen molar-refractivity contribution in [2.75, 3.05) is 13.2 Å². The van der Waals surface area contributed by atoms with E-state index in [4.69, 9.17) is 9.47 Å². The third-order valence-corrected chi connectivity index (χ3v) is 1.74. The summed E-state index contributed by atoms with van der Waals surface area (Å²) in [5.74, 6) is 0.00612. The summed E-state index contributed by atoms with van der Waals surface area (Å²) in [5, 5.41) is 0. The van der Waals surface area contributed by atoms with Gasteiger partial charge in [-0.05, 0) is 20.8 Å². The Morgan fingerprint density at radius 3 is 2.26 bits per heavy atom. The molecular weight excluding hydrogens is 256 g/mol. The summed E-state index contributed by atoms with van der Waals surface area (Å²) in [6.07, 6.45) is -0.689. The first-order chi connectivity index (χ1) is 9.06. The van der Waals surface area contributed by atoms with Crippen LogP contribution < -0.4 is 9.47 Å². The predicted octanol–water partition coefficient (Wildman–Crippen LogP) is 1.86. The van der Waals surface area contributed by atoms with E-state index >= 15 is 0 Å². The van der Waals surface area contributed by atoms with E-state index in [0.29, 0.717) is 5.82 Å². The predicted molar refractivity (Wildman–Crippen MR) is 62.1 cm³/mol. The number of rotatable bonds is 4. The molecule has 1 rings (SSSR count). The lowest BCUT2D eigenvalue weighted by Gasteiger charge is -2.08. The van der Waals surface area contributed by atoms with E-state index in [2.05, 4.69) is 19.4 Å². The van der Waals surface area contributed by atoms with E-state index in [0.717, 1.165) is 0 Å². The Hall–Kier alpha value is -2.38. The molecule has 1 aromatic heterocycles. The number of aryl methyl sites for hydroxylation is 1. The van der Waals surface area contributed by atoms with Crippen LogP contribution >= 0.6 is 0 Å². The van der Waals surface area contributed by atoms with Crippen molar-refractivity contribution in [1.29, 1.82) is 0 Å². The van der Waals surface area contributed by atoms with Crippen LogP contribution in [0.4, 0.5) is 9.59 Å². The Bertz CT molecular complexity index is 462. The molecule has 1 heterocycles. The highest BCUT2D eigenvalue weighted by atomic mass is 16.7. The van der Waals surface area contributed by atoms with Gasteiger partial charge in [-0.25, -0.2) is 14.6 Å². The molecule has 0 aliphatic heterocycles. The third kappa shape index (κ3) is 4.78. The quantitative estimate of drug-likeness (QED) is 0.764. The number of aromatic nitrogens is 2. The molecule has 1 aromatic rings. The van der Waals surface area contributed by atoms with Crippen molar-refractivity contribution >= 4 is 12.3 Å². The highest BCUT2D eigenvalue weighted by molar-refractivity contribution is 5.67. The fourth-order valence-electron chi connectivity index (χ4n) is 1.04. The van der Waals surface area contributed by atoms with Crippen molar-refractivity contribution in [2.45, 2.75) is 20.8 Å². The Balaban J connectivity index is 2.85. The highest BCUT2D eigenvalue weighted by Gasteiger charge is 2.17. The fraction of sp³-hybridized carbons (Fsp3) is 0.455. The molecule has 0 aliphatic carbocycles. The summed E-state index contributed by atoms with van der Waals surface area (Å²) < 4.78 is 18.8. The molecule has 0 fully saturated rings. The van der Waals surface area contributed by atoms with Crippen molar-refractivity contribution in [1.82, 2.24) is 9.97 Å². The smallest absolute Gasteiger partial charge is 0.434 e. The minimum Gasteiger partial charge on any atom is -0.434 e. The van der Waals surface area contributed by atoms with Crippen LogP contribution in [-0.4, -0.2) is 35.5 Å². The van der Waals surface area contributed by atoms with Gasteiger partial charge in [-0.15, -0.1) is 0 Å². The van der Waals surface area contributed by atoms with Crippen molar-refractivity contribution in [3.05, 3.63) is 12.0 Å². The van der Waals surface area contributed by atoms with Crippen LogP contribution in [0.1, 0.15) is 19.7 Å². The Morgan fingerprint density at radius 1 is 1.11 bits per heavy atom. The molecule has 8 heteroatoms. The lowest BCUT2D eigenvalue weighted by atomic mass is 10.5. The molecule has 8 nitrogen and oxygen atoms in total. The van der Waals surface area contributed by atoms with Crippen LogP contribution in [-0.2, 0) is 9.47 Å². The molecule has 0 N–H and O–H groups in total. The van der Waals surface area contributed by atoms with Crippen LogP contribution in [0.15, 0.2) is 6.20 Å². The highest BCUT2D eigenvalue weighted by Crippen LogP contribution is 2.24. The average Bonchev–Trinajstić information content (AvgIpc) is 2.33. The second-order valence-corrected chi connectivity index (χ2v) is 3.16. The first kappa shape index (κ1) is 14.7. The summed E-state index contributed by atoms with van der Waals surface area (Å²) >= 11 is 0. The van der Waals surface area contributed by atoms with Gasteiger partial charge in [0.25, 0.3) is 5.88 Å². The second-order valence-electron chi connectivity index (χ2n) is 3.16. The number of hydrogen-bond acceptors (Lipinski definition) is 8. The second kappa shape index (κ2) is 7.14. The fourth-order valence-corrected chi connectivity index (χ4v) is 1.04. The number of ether oxygens (including phenoxy) is 4. The van der Waals surface area contributed by atoms with Gasteiger partial charge in [0.05, 0.1) is 19.4 Å². The van der Waals surface area contributed by atoms with E-state index < -0.39 is 12.3 Å². The zero-order chi connectivity index (χ0) is 14.3. The summed E-state index contributed by atoms with van der Waals surface area (Å²) in [6, 6.07) is 0. The normalized spacial score (nSPS) is 9.63. The zero-order valence-electron chi connectivity index (χ0n) is 10.8. The Labute approximate surface area is 109 Å². The van der Waals surface area contributed by atoms with Crippen LogP contribution in [0.3, 0.4) is 0 Å². The lowest BCUT2D eigenvalue weighted by molar-refractivity contribution is 0.0922. The molecule has 0 radical (unpaired) electrons. The molecule has 0 amide bonds. The maximum absolute atomic E-state index is 11.2. The van der Waals surface area contributed by atoms with E-state index in [9.17, 15) is 9.59 Å². The number of carbonyl (C=O) groups is 2. The molecule has 0 saturated carbocycles. The van der Waals surface area contributed by atoms with Gasteiger partial charge in [0.15, 0.2) is 0 Å². The molecule has 0 aliphatic rings. The summed E-state index contributed by atoms with van der Waals surface area (Å²) in [6.45, 7) is 5.15. The molecule has 19 heavy (non-hydrogen) atoms. The van der Waals surface area contributed by atoms with Gasteiger partial charge in [-0.2, -0.15) is 4.98 Å². The lowest BCUT2D eigenvalue weighted by Crippen LogP contribution is -2.15. The van der Waals surface area contributed by atoms with Crippen molar-refractivity contribution in [3.63, 3.8) is 0 Å². The summed E-state index contributed by atoms with van der Waals surface area (Å²) in [4.78, 5) is 30.1. The molecular formula is C11H14N2O6. The van der Waals surface area contributed by atoms with E-state index in [1.807, 2.05) is 0 Å². The molecule has 0 bridgehead atoms. The van der Waals surface area contributed by atoms with Crippen LogP contribution in [0, 0.1) is 6.92 Å². The molecule has 0 aromatic carbocycles.